The number of carbonyl (C=O) groups is 2. The van der Waals surface area contributed by atoms with E-state index in [1.54, 1.807) is 0 Å². The van der Waals surface area contributed by atoms with E-state index in [1.807, 2.05) is 53.8 Å². The van der Waals surface area contributed by atoms with Gasteiger partial charge in [0.15, 0.2) is 5.78 Å². The second-order valence-corrected chi connectivity index (χ2v) is 6.65. The van der Waals surface area contributed by atoms with Gasteiger partial charge in [0.2, 0.25) is 5.91 Å². The lowest BCUT2D eigenvalue weighted by atomic mass is 10.0. The standard InChI is InChI=1S/C19H24N2O2/c1-14(2)19(23)16-12-21(17-9-5-4-8-15(16)17)13-18(22)20-10-6-3-7-11-20/h4-5,8-9,12,14H,3,6-7,10-11,13H2,1-2H3. The molecule has 2 aromatic rings. The smallest absolute Gasteiger partial charge is 0.242 e. The SMILES string of the molecule is CC(C)C(=O)c1cn(CC(=O)N2CCCCC2)c2ccccc12. The molecule has 1 aliphatic rings. The first-order chi connectivity index (χ1) is 11.1. The normalized spacial score (nSPS) is 15.3. The fourth-order valence-electron chi connectivity index (χ4n) is 3.27. The van der Waals surface area contributed by atoms with E-state index in [1.165, 1.54) is 6.42 Å². The Bertz CT molecular complexity index is 724. The number of Topliss-reactive ketones (excluding diaryl/α,β-unsaturated/α-hetero) is 1. The summed E-state index contributed by atoms with van der Waals surface area (Å²) >= 11 is 0. The Kier molecular flexibility index (Phi) is 4.51. The minimum Gasteiger partial charge on any atom is -0.341 e. The molecule has 0 radical (unpaired) electrons. The van der Waals surface area contributed by atoms with E-state index < -0.39 is 0 Å². The topological polar surface area (TPSA) is 42.3 Å². The quantitative estimate of drug-likeness (QED) is 0.811. The summed E-state index contributed by atoms with van der Waals surface area (Å²) in [6.07, 6.45) is 5.25. The van der Waals surface area contributed by atoms with Crippen LogP contribution in [0.2, 0.25) is 0 Å². The average Bonchev–Trinajstić information content (AvgIpc) is 2.93. The summed E-state index contributed by atoms with van der Waals surface area (Å²) in [5.41, 5.74) is 1.68. The van der Waals surface area contributed by atoms with Gasteiger partial charge in [-0.15, -0.1) is 0 Å². The van der Waals surface area contributed by atoms with Gasteiger partial charge < -0.3 is 9.47 Å². The van der Waals surface area contributed by atoms with Crippen LogP contribution in [-0.4, -0.2) is 34.2 Å². The number of piperidine rings is 1. The lowest BCUT2D eigenvalue weighted by Gasteiger charge is -2.27. The number of fused-ring (bicyclic) bond motifs is 1. The Morgan fingerprint density at radius 3 is 2.48 bits per heavy atom. The molecule has 0 unspecified atom stereocenters. The Labute approximate surface area is 137 Å². The highest BCUT2D eigenvalue weighted by Crippen LogP contribution is 2.24. The van der Waals surface area contributed by atoms with Crippen LogP contribution in [0.5, 0.6) is 0 Å². The van der Waals surface area contributed by atoms with Crippen molar-refractivity contribution in [3.8, 4) is 0 Å². The van der Waals surface area contributed by atoms with E-state index in [0.29, 0.717) is 6.54 Å². The molecule has 1 aromatic heterocycles. The first kappa shape index (κ1) is 15.8. The van der Waals surface area contributed by atoms with Crippen molar-refractivity contribution in [2.45, 2.75) is 39.7 Å². The first-order valence-electron chi connectivity index (χ1n) is 8.48. The van der Waals surface area contributed by atoms with Gasteiger partial charge in [0.05, 0.1) is 0 Å². The highest BCUT2D eigenvalue weighted by Gasteiger charge is 2.21. The third-order valence-electron chi connectivity index (χ3n) is 4.59. The molecule has 4 heteroatoms. The number of likely N-dealkylation sites (tertiary alicyclic amines) is 1. The van der Waals surface area contributed by atoms with Crippen LogP contribution in [0.3, 0.4) is 0 Å². The van der Waals surface area contributed by atoms with Crippen LogP contribution >= 0.6 is 0 Å². The number of hydrogen-bond acceptors (Lipinski definition) is 2. The van der Waals surface area contributed by atoms with Crippen molar-refractivity contribution >= 4 is 22.6 Å². The zero-order chi connectivity index (χ0) is 16.4. The number of para-hydroxylation sites is 1. The van der Waals surface area contributed by atoms with Crippen molar-refractivity contribution in [1.82, 2.24) is 9.47 Å². The Balaban J connectivity index is 1.91. The molecule has 0 saturated carbocycles. The zero-order valence-corrected chi connectivity index (χ0v) is 13.9. The second-order valence-electron chi connectivity index (χ2n) is 6.65. The number of nitrogens with zero attached hydrogens (tertiary/aromatic N) is 2. The number of rotatable bonds is 4. The maximum absolute atomic E-state index is 12.5. The molecule has 1 aliphatic heterocycles. The van der Waals surface area contributed by atoms with Gasteiger partial charge >= 0.3 is 0 Å². The van der Waals surface area contributed by atoms with E-state index in [4.69, 9.17) is 0 Å². The third-order valence-corrected chi connectivity index (χ3v) is 4.59. The van der Waals surface area contributed by atoms with Crippen molar-refractivity contribution in [2.24, 2.45) is 5.92 Å². The van der Waals surface area contributed by atoms with Crippen molar-refractivity contribution in [3.63, 3.8) is 0 Å². The number of aromatic nitrogens is 1. The number of amides is 1. The minimum atomic E-state index is -0.0490. The molecule has 2 heterocycles. The Morgan fingerprint density at radius 2 is 1.78 bits per heavy atom. The molecule has 0 N–H and O–H groups in total. The van der Waals surface area contributed by atoms with E-state index >= 15 is 0 Å². The summed E-state index contributed by atoms with van der Waals surface area (Å²) in [4.78, 5) is 26.9. The number of ketones is 1. The molecule has 4 nitrogen and oxygen atoms in total. The molecular formula is C19H24N2O2. The van der Waals surface area contributed by atoms with Gasteiger partial charge in [-0.05, 0) is 25.3 Å². The fraction of sp³-hybridized carbons (Fsp3) is 0.474. The predicted molar refractivity (Wildman–Crippen MR) is 91.5 cm³/mol. The molecule has 0 bridgehead atoms. The van der Waals surface area contributed by atoms with Crippen molar-refractivity contribution in [3.05, 3.63) is 36.0 Å². The van der Waals surface area contributed by atoms with Crippen LogP contribution < -0.4 is 0 Å². The van der Waals surface area contributed by atoms with E-state index in [2.05, 4.69) is 0 Å². The fourth-order valence-corrected chi connectivity index (χ4v) is 3.27. The highest BCUT2D eigenvalue weighted by molar-refractivity contribution is 6.09. The van der Waals surface area contributed by atoms with E-state index in [9.17, 15) is 9.59 Å². The molecule has 3 rings (SSSR count). The lowest BCUT2D eigenvalue weighted by molar-refractivity contribution is -0.132. The molecular weight excluding hydrogens is 288 g/mol. The summed E-state index contributed by atoms with van der Waals surface area (Å²) in [6.45, 7) is 5.85. The molecule has 0 aliphatic carbocycles. The van der Waals surface area contributed by atoms with Gasteiger partial charge in [-0.2, -0.15) is 0 Å². The van der Waals surface area contributed by atoms with E-state index in [0.717, 1.165) is 42.4 Å². The minimum absolute atomic E-state index is 0.0490. The summed E-state index contributed by atoms with van der Waals surface area (Å²) < 4.78 is 1.93. The Morgan fingerprint density at radius 1 is 1.09 bits per heavy atom. The summed E-state index contributed by atoms with van der Waals surface area (Å²) in [7, 11) is 0. The number of carbonyl (C=O) groups excluding carboxylic acids is 2. The molecule has 1 aromatic carbocycles. The predicted octanol–water partition coefficient (Wildman–Crippen LogP) is 3.49. The summed E-state index contributed by atoms with van der Waals surface area (Å²) in [5, 5.41) is 0.942. The van der Waals surface area contributed by atoms with Crippen LogP contribution in [0.4, 0.5) is 0 Å². The lowest BCUT2D eigenvalue weighted by Crippen LogP contribution is -2.37. The van der Waals surface area contributed by atoms with Gasteiger partial charge in [0.25, 0.3) is 0 Å². The molecule has 23 heavy (non-hydrogen) atoms. The van der Waals surface area contributed by atoms with Crippen LogP contribution in [0.25, 0.3) is 10.9 Å². The summed E-state index contributed by atoms with van der Waals surface area (Å²) in [6, 6.07) is 7.84. The van der Waals surface area contributed by atoms with Crippen LogP contribution in [0, 0.1) is 5.92 Å². The molecule has 0 spiro atoms. The maximum Gasteiger partial charge on any atom is 0.242 e. The largest absolute Gasteiger partial charge is 0.341 e. The molecule has 1 amide bonds. The Hall–Kier alpha value is -2.10. The van der Waals surface area contributed by atoms with Gasteiger partial charge in [-0.1, -0.05) is 32.0 Å². The molecule has 0 atom stereocenters. The van der Waals surface area contributed by atoms with Crippen molar-refractivity contribution in [1.29, 1.82) is 0 Å². The van der Waals surface area contributed by atoms with Crippen LogP contribution in [0.15, 0.2) is 30.5 Å². The van der Waals surface area contributed by atoms with Gasteiger partial charge in [-0.3, -0.25) is 9.59 Å². The highest BCUT2D eigenvalue weighted by atomic mass is 16.2. The number of benzene rings is 1. The van der Waals surface area contributed by atoms with Crippen LogP contribution in [-0.2, 0) is 11.3 Å². The van der Waals surface area contributed by atoms with Crippen molar-refractivity contribution < 1.29 is 9.59 Å². The van der Waals surface area contributed by atoms with Crippen LogP contribution in [0.1, 0.15) is 43.5 Å². The molecule has 1 fully saturated rings. The van der Waals surface area contributed by atoms with Crippen molar-refractivity contribution in [2.75, 3.05) is 13.1 Å². The zero-order valence-electron chi connectivity index (χ0n) is 13.9. The number of hydrogen-bond donors (Lipinski definition) is 0. The summed E-state index contributed by atoms with van der Waals surface area (Å²) in [5.74, 6) is 0.228. The first-order valence-corrected chi connectivity index (χ1v) is 8.48. The average molecular weight is 312 g/mol. The van der Waals surface area contributed by atoms with E-state index in [-0.39, 0.29) is 17.6 Å². The second kappa shape index (κ2) is 6.57. The molecule has 122 valence electrons. The maximum atomic E-state index is 12.5. The molecule has 1 saturated heterocycles. The van der Waals surface area contributed by atoms with Gasteiger partial charge in [0, 0.05) is 41.7 Å². The third kappa shape index (κ3) is 3.16. The monoisotopic (exact) mass is 312 g/mol. The van der Waals surface area contributed by atoms with Gasteiger partial charge in [0.1, 0.15) is 6.54 Å². The van der Waals surface area contributed by atoms with Gasteiger partial charge in [-0.25, -0.2) is 0 Å².